The lowest BCUT2D eigenvalue weighted by molar-refractivity contribution is 0.629. The minimum absolute atomic E-state index is 0.193. The number of benzene rings is 1. The number of nitrogens with one attached hydrogen (secondary N) is 1. The van der Waals surface area contributed by atoms with Crippen molar-refractivity contribution in [1.82, 2.24) is 15.1 Å². The SMILES string of the molecule is CCNC(c1cccc(N(C)C)c1)c1cnn(C)c1. The van der Waals surface area contributed by atoms with Crippen LogP contribution in [-0.2, 0) is 7.05 Å². The molecule has 0 amide bonds. The summed E-state index contributed by atoms with van der Waals surface area (Å²) in [7, 11) is 6.07. The van der Waals surface area contributed by atoms with E-state index in [9.17, 15) is 0 Å². The van der Waals surface area contributed by atoms with E-state index < -0.39 is 0 Å². The minimum atomic E-state index is 0.193. The molecule has 4 nitrogen and oxygen atoms in total. The molecule has 0 aliphatic carbocycles. The van der Waals surface area contributed by atoms with E-state index in [-0.39, 0.29) is 6.04 Å². The fraction of sp³-hybridized carbons (Fsp3) is 0.400. The van der Waals surface area contributed by atoms with Crippen molar-refractivity contribution in [3.8, 4) is 0 Å². The molecule has 0 spiro atoms. The summed E-state index contributed by atoms with van der Waals surface area (Å²) in [6.07, 6.45) is 3.99. The van der Waals surface area contributed by atoms with Crippen molar-refractivity contribution in [3.63, 3.8) is 0 Å². The average molecular weight is 258 g/mol. The normalized spacial score (nSPS) is 12.4. The van der Waals surface area contributed by atoms with Crippen molar-refractivity contribution in [3.05, 3.63) is 47.8 Å². The third-order valence-corrected chi connectivity index (χ3v) is 3.19. The van der Waals surface area contributed by atoms with Gasteiger partial charge in [-0.15, -0.1) is 0 Å². The first-order valence-corrected chi connectivity index (χ1v) is 6.61. The van der Waals surface area contributed by atoms with Crippen LogP contribution in [-0.4, -0.2) is 30.4 Å². The van der Waals surface area contributed by atoms with Crippen LogP contribution in [0.15, 0.2) is 36.7 Å². The fourth-order valence-electron chi connectivity index (χ4n) is 2.20. The molecule has 0 fully saturated rings. The maximum absolute atomic E-state index is 4.27. The molecule has 1 aromatic carbocycles. The number of nitrogens with zero attached hydrogens (tertiary/aromatic N) is 3. The highest BCUT2D eigenvalue weighted by atomic mass is 15.2. The van der Waals surface area contributed by atoms with Gasteiger partial charge < -0.3 is 10.2 Å². The lowest BCUT2D eigenvalue weighted by Crippen LogP contribution is -2.22. The van der Waals surface area contributed by atoms with Gasteiger partial charge in [0, 0.05) is 38.6 Å². The van der Waals surface area contributed by atoms with E-state index in [4.69, 9.17) is 0 Å². The predicted octanol–water partition coefficient (Wildman–Crippen LogP) is 2.18. The summed E-state index contributed by atoms with van der Waals surface area (Å²) in [5.41, 5.74) is 3.67. The Morgan fingerprint density at radius 1 is 1.32 bits per heavy atom. The molecular weight excluding hydrogens is 236 g/mol. The van der Waals surface area contributed by atoms with Crippen molar-refractivity contribution in [2.75, 3.05) is 25.5 Å². The second-order valence-corrected chi connectivity index (χ2v) is 4.93. The molecule has 0 radical (unpaired) electrons. The van der Waals surface area contributed by atoms with Crippen molar-refractivity contribution < 1.29 is 0 Å². The maximum Gasteiger partial charge on any atom is 0.0608 e. The summed E-state index contributed by atoms with van der Waals surface area (Å²) in [5, 5.41) is 7.79. The highest BCUT2D eigenvalue weighted by molar-refractivity contribution is 5.49. The van der Waals surface area contributed by atoms with Crippen LogP contribution in [0.25, 0.3) is 0 Å². The zero-order valence-electron chi connectivity index (χ0n) is 12.1. The van der Waals surface area contributed by atoms with Gasteiger partial charge in [0.1, 0.15) is 0 Å². The molecule has 0 aliphatic heterocycles. The first kappa shape index (κ1) is 13.6. The van der Waals surface area contributed by atoms with E-state index in [0.29, 0.717) is 0 Å². The first-order chi connectivity index (χ1) is 9.11. The third-order valence-electron chi connectivity index (χ3n) is 3.19. The van der Waals surface area contributed by atoms with Gasteiger partial charge in [-0.25, -0.2) is 0 Å². The Balaban J connectivity index is 2.36. The Hall–Kier alpha value is -1.81. The molecule has 1 unspecified atom stereocenters. The number of aromatic nitrogens is 2. The molecule has 0 aliphatic rings. The van der Waals surface area contributed by atoms with Crippen LogP contribution < -0.4 is 10.2 Å². The van der Waals surface area contributed by atoms with Crippen molar-refractivity contribution in [2.24, 2.45) is 7.05 Å². The Bertz CT molecular complexity index is 530. The van der Waals surface area contributed by atoms with E-state index in [1.807, 2.05) is 17.9 Å². The quantitative estimate of drug-likeness (QED) is 0.892. The van der Waals surface area contributed by atoms with Gasteiger partial charge in [0.2, 0.25) is 0 Å². The molecule has 1 aromatic heterocycles. The molecule has 2 aromatic rings. The van der Waals surface area contributed by atoms with E-state index in [0.717, 1.165) is 6.54 Å². The molecule has 1 N–H and O–H groups in total. The van der Waals surface area contributed by atoms with Gasteiger partial charge in [-0.1, -0.05) is 19.1 Å². The monoisotopic (exact) mass is 258 g/mol. The molecule has 0 saturated carbocycles. The van der Waals surface area contributed by atoms with Crippen LogP contribution in [0.3, 0.4) is 0 Å². The largest absolute Gasteiger partial charge is 0.378 e. The Morgan fingerprint density at radius 2 is 2.11 bits per heavy atom. The van der Waals surface area contributed by atoms with E-state index >= 15 is 0 Å². The second-order valence-electron chi connectivity index (χ2n) is 4.93. The number of anilines is 1. The van der Waals surface area contributed by atoms with Gasteiger partial charge in [0.15, 0.2) is 0 Å². The van der Waals surface area contributed by atoms with Gasteiger partial charge in [-0.05, 0) is 24.2 Å². The maximum atomic E-state index is 4.27. The second kappa shape index (κ2) is 5.89. The molecular formula is C15H22N4. The average Bonchev–Trinajstić information content (AvgIpc) is 2.82. The van der Waals surface area contributed by atoms with Gasteiger partial charge in [-0.3, -0.25) is 4.68 Å². The Kier molecular flexibility index (Phi) is 4.22. The van der Waals surface area contributed by atoms with Crippen molar-refractivity contribution in [2.45, 2.75) is 13.0 Å². The van der Waals surface area contributed by atoms with Gasteiger partial charge in [0.05, 0.1) is 12.2 Å². The van der Waals surface area contributed by atoms with Crippen LogP contribution in [0, 0.1) is 0 Å². The summed E-state index contributed by atoms with van der Waals surface area (Å²) >= 11 is 0. The van der Waals surface area contributed by atoms with E-state index in [2.05, 4.69) is 66.8 Å². The summed E-state index contributed by atoms with van der Waals surface area (Å²) in [4.78, 5) is 2.12. The molecule has 102 valence electrons. The predicted molar refractivity (Wildman–Crippen MR) is 79.5 cm³/mol. The van der Waals surface area contributed by atoms with Crippen LogP contribution in [0.2, 0.25) is 0 Å². The lowest BCUT2D eigenvalue weighted by Gasteiger charge is -2.20. The van der Waals surface area contributed by atoms with Crippen LogP contribution >= 0.6 is 0 Å². The zero-order valence-corrected chi connectivity index (χ0v) is 12.1. The molecule has 2 rings (SSSR count). The van der Waals surface area contributed by atoms with E-state index in [1.165, 1.54) is 16.8 Å². The smallest absolute Gasteiger partial charge is 0.0608 e. The number of hydrogen-bond donors (Lipinski definition) is 1. The van der Waals surface area contributed by atoms with Crippen LogP contribution in [0.1, 0.15) is 24.1 Å². The topological polar surface area (TPSA) is 33.1 Å². The molecule has 4 heteroatoms. The third kappa shape index (κ3) is 3.15. The molecule has 0 saturated heterocycles. The first-order valence-electron chi connectivity index (χ1n) is 6.61. The highest BCUT2D eigenvalue weighted by Crippen LogP contribution is 2.24. The van der Waals surface area contributed by atoms with Gasteiger partial charge in [0.25, 0.3) is 0 Å². The van der Waals surface area contributed by atoms with Crippen molar-refractivity contribution in [1.29, 1.82) is 0 Å². The van der Waals surface area contributed by atoms with E-state index in [1.54, 1.807) is 0 Å². The molecule has 19 heavy (non-hydrogen) atoms. The molecule has 1 atom stereocenters. The number of rotatable bonds is 5. The number of hydrogen-bond acceptors (Lipinski definition) is 3. The lowest BCUT2D eigenvalue weighted by atomic mass is 10.0. The molecule has 1 heterocycles. The summed E-state index contributed by atoms with van der Waals surface area (Å²) in [6.45, 7) is 3.05. The van der Waals surface area contributed by atoms with Crippen molar-refractivity contribution >= 4 is 5.69 Å². The van der Waals surface area contributed by atoms with Crippen LogP contribution in [0.5, 0.6) is 0 Å². The summed E-state index contributed by atoms with van der Waals surface area (Å²) < 4.78 is 1.84. The Labute approximate surface area is 115 Å². The van der Waals surface area contributed by atoms with Gasteiger partial charge in [-0.2, -0.15) is 5.10 Å². The fourth-order valence-corrected chi connectivity index (χ4v) is 2.20. The highest BCUT2D eigenvalue weighted by Gasteiger charge is 2.15. The standard InChI is InChI=1S/C15H22N4/c1-5-16-15(13-10-17-19(4)11-13)12-7-6-8-14(9-12)18(2)3/h6-11,15-16H,5H2,1-4H3. The van der Waals surface area contributed by atoms with Crippen LogP contribution in [0.4, 0.5) is 5.69 Å². The van der Waals surface area contributed by atoms with Gasteiger partial charge >= 0.3 is 0 Å². The Morgan fingerprint density at radius 3 is 2.68 bits per heavy atom. The zero-order chi connectivity index (χ0) is 13.8. The summed E-state index contributed by atoms with van der Waals surface area (Å²) in [5.74, 6) is 0. The number of aryl methyl sites for hydroxylation is 1. The minimum Gasteiger partial charge on any atom is -0.378 e. The summed E-state index contributed by atoms with van der Waals surface area (Å²) in [6, 6.07) is 8.80. The molecule has 0 bridgehead atoms.